The summed E-state index contributed by atoms with van der Waals surface area (Å²) >= 11 is 0. The van der Waals surface area contributed by atoms with E-state index in [0.717, 1.165) is 41.2 Å². The highest BCUT2D eigenvalue weighted by Crippen LogP contribution is 2.33. The number of nitrogens with zero attached hydrogens (tertiary/aromatic N) is 6. The molecule has 2 saturated heterocycles. The quantitative estimate of drug-likeness (QED) is 0.386. The Morgan fingerprint density at radius 3 is 2.88 bits per heavy atom. The van der Waals surface area contributed by atoms with Gasteiger partial charge in [0.15, 0.2) is 5.82 Å². The van der Waals surface area contributed by atoms with Crippen LogP contribution in [0.1, 0.15) is 6.42 Å². The highest BCUT2D eigenvalue weighted by atomic mass is 16.5. The zero-order chi connectivity index (χ0) is 22.9. The number of methoxy groups -OCH3 is 1. The number of anilines is 3. The lowest BCUT2D eigenvalue weighted by molar-refractivity contribution is 0.146. The number of rotatable bonds is 8. The number of benzene rings is 1. The average molecular weight is 459 g/mol. The van der Waals surface area contributed by atoms with E-state index in [1.54, 1.807) is 25.7 Å². The molecule has 2 aliphatic heterocycles. The molecule has 0 saturated carbocycles. The largest absolute Gasteiger partial charge is 0.491 e. The Bertz CT molecular complexity index is 1290. The van der Waals surface area contributed by atoms with Gasteiger partial charge in [-0.2, -0.15) is 0 Å². The van der Waals surface area contributed by atoms with Crippen molar-refractivity contribution in [1.29, 1.82) is 0 Å². The third kappa shape index (κ3) is 3.91. The van der Waals surface area contributed by atoms with Crippen LogP contribution in [0.25, 0.3) is 16.6 Å². The summed E-state index contributed by atoms with van der Waals surface area (Å²) in [4.78, 5) is 15.5. The molecule has 2 bridgehead atoms. The van der Waals surface area contributed by atoms with E-state index in [4.69, 9.17) is 14.6 Å². The summed E-state index contributed by atoms with van der Waals surface area (Å²) in [5, 5.41) is 12.7. The predicted octanol–water partition coefficient (Wildman–Crippen LogP) is 2.53. The Labute approximate surface area is 196 Å². The number of piperazine rings is 1. The van der Waals surface area contributed by atoms with Crippen LogP contribution in [0.15, 0.2) is 55.1 Å². The van der Waals surface area contributed by atoms with Crippen molar-refractivity contribution >= 4 is 28.4 Å². The first-order valence-corrected chi connectivity index (χ1v) is 11.4. The summed E-state index contributed by atoms with van der Waals surface area (Å²) < 4.78 is 12.9. The maximum atomic E-state index is 5.88. The van der Waals surface area contributed by atoms with Gasteiger partial charge in [0.05, 0.1) is 24.0 Å². The van der Waals surface area contributed by atoms with Crippen LogP contribution in [0.3, 0.4) is 0 Å². The van der Waals surface area contributed by atoms with Crippen LogP contribution in [-0.2, 0) is 4.74 Å². The molecule has 6 rings (SSSR count). The van der Waals surface area contributed by atoms with Gasteiger partial charge in [-0.25, -0.2) is 14.6 Å². The molecule has 0 amide bonds. The van der Waals surface area contributed by atoms with Crippen molar-refractivity contribution in [3.63, 3.8) is 0 Å². The van der Waals surface area contributed by atoms with Crippen LogP contribution in [0.4, 0.5) is 17.5 Å². The van der Waals surface area contributed by atoms with Gasteiger partial charge < -0.3 is 25.0 Å². The van der Waals surface area contributed by atoms with Crippen LogP contribution in [0, 0.1) is 0 Å². The second-order valence-corrected chi connectivity index (χ2v) is 8.52. The van der Waals surface area contributed by atoms with Crippen LogP contribution in [0.2, 0.25) is 0 Å². The van der Waals surface area contributed by atoms with E-state index >= 15 is 0 Å². The second kappa shape index (κ2) is 8.88. The molecule has 5 heterocycles. The Morgan fingerprint density at radius 2 is 2.09 bits per heavy atom. The number of pyridine rings is 1. The summed E-state index contributed by atoms with van der Waals surface area (Å²) in [5.41, 5.74) is 1.86. The zero-order valence-corrected chi connectivity index (χ0v) is 18.9. The molecule has 2 fully saturated rings. The number of ether oxygens (including phenoxy) is 2. The summed E-state index contributed by atoms with van der Waals surface area (Å²) in [5.74, 6) is 3.06. The van der Waals surface area contributed by atoms with E-state index in [1.165, 1.54) is 6.42 Å². The monoisotopic (exact) mass is 458 g/mol. The van der Waals surface area contributed by atoms with Gasteiger partial charge in [-0.15, -0.1) is 5.10 Å². The first-order chi connectivity index (χ1) is 16.8. The van der Waals surface area contributed by atoms with Crippen molar-refractivity contribution in [2.75, 3.05) is 43.6 Å². The topological polar surface area (TPSA) is 102 Å². The van der Waals surface area contributed by atoms with Gasteiger partial charge in [0.1, 0.15) is 24.0 Å². The highest BCUT2D eigenvalue weighted by Gasteiger charge is 2.38. The van der Waals surface area contributed by atoms with Crippen molar-refractivity contribution in [3.8, 4) is 11.4 Å². The normalized spacial score (nSPS) is 19.1. The van der Waals surface area contributed by atoms with E-state index < -0.39 is 0 Å². The summed E-state index contributed by atoms with van der Waals surface area (Å²) in [7, 11) is 1.66. The smallest absolute Gasteiger partial charge is 0.162 e. The zero-order valence-electron chi connectivity index (χ0n) is 18.9. The second-order valence-electron chi connectivity index (χ2n) is 8.52. The minimum atomic E-state index is 0.478. The first kappa shape index (κ1) is 20.8. The molecule has 0 unspecified atom stereocenters. The van der Waals surface area contributed by atoms with Crippen molar-refractivity contribution in [3.05, 3.63) is 55.1 Å². The molecular formula is C24H26N8O2. The molecule has 4 aromatic rings. The standard InChI is InChI=1S/C24H26N8O2/c1-33-8-9-34-19-2-3-20-21(12-19)32(30-24(20)29-22-14-25-6-7-26-22)17-4-5-27-23(11-17)31-15-16-10-18(31)13-28-16/h2-7,11-12,14,16,18,28H,8-10,13,15H2,1H3,(H,26,29,30)/t16-,18-/m0/s1. The number of hydrogen-bond donors (Lipinski definition) is 2. The maximum Gasteiger partial charge on any atom is 0.162 e. The molecule has 0 spiro atoms. The average Bonchev–Trinajstić information content (AvgIpc) is 3.60. The fraction of sp³-hybridized carbons (Fsp3) is 0.333. The summed E-state index contributed by atoms with van der Waals surface area (Å²) in [6.07, 6.45) is 7.99. The molecule has 34 heavy (non-hydrogen) atoms. The molecule has 174 valence electrons. The van der Waals surface area contributed by atoms with Gasteiger partial charge in [0.25, 0.3) is 0 Å². The van der Waals surface area contributed by atoms with Gasteiger partial charge in [-0.3, -0.25) is 4.98 Å². The Balaban J connectivity index is 1.40. The van der Waals surface area contributed by atoms with E-state index in [1.807, 2.05) is 35.1 Å². The Kier molecular flexibility index (Phi) is 5.44. The lowest BCUT2D eigenvalue weighted by Gasteiger charge is -2.28. The SMILES string of the molecule is COCCOc1ccc2c(Nc3cnccn3)nn(-c3ccnc(N4C[C@@H]5C[C@H]4CN5)c3)c2c1. The molecule has 1 aromatic carbocycles. The van der Waals surface area contributed by atoms with E-state index in [0.29, 0.717) is 36.9 Å². The van der Waals surface area contributed by atoms with Gasteiger partial charge in [0, 0.05) is 68.4 Å². The third-order valence-corrected chi connectivity index (χ3v) is 6.34. The van der Waals surface area contributed by atoms with Crippen molar-refractivity contribution in [2.45, 2.75) is 18.5 Å². The molecule has 10 nitrogen and oxygen atoms in total. The molecule has 10 heteroatoms. The molecule has 3 aromatic heterocycles. The molecule has 2 aliphatic rings. The molecule has 0 aliphatic carbocycles. The number of hydrogen-bond acceptors (Lipinski definition) is 9. The molecule has 0 radical (unpaired) electrons. The van der Waals surface area contributed by atoms with Gasteiger partial charge in [0.2, 0.25) is 0 Å². The van der Waals surface area contributed by atoms with E-state index in [2.05, 4.69) is 36.6 Å². The van der Waals surface area contributed by atoms with Gasteiger partial charge >= 0.3 is 0 Å². The third-order valence-electron chi connectivity index (χ3n) is 6.34. The molecule has 2 N–H and O–H groups in total. The number of fused-ring (bicyclic) bond motifs is 3. The van der Waals surface area contributed by atoms with Crippen molar-refractivity contribution in [2.24, 2.45) is 0 Å². The number of nitrogens with one attached hydrogen (secondary N) is 2. The van der Waals surface area contributed by atoms with Gasteiger partial charge in [-0.1, -0.05) is 0 Å². The van der Waals surface area contributed by atoms with E-state index in [-0.39, 0.29) is 0 Å². The predicted molar refractivity (Wildman–Crippen MR) is 129 cm³/mol. The van der Waals surface area contributed by atoms with Crippen molar-refractivity contribution in [1.82, 2.24) is 30.0 Å². The van der Waals surface area contributed by atoms with Crippen LogP contribution >= 0.6 is 0 Å². The Morgan fingerprint density at radius 1 is 1.12 bits per heavy atom. The lowest BCUT2D eigenvalue weighted by atomic mass is 10.2. The fourth-order valence-electron chi connectivity index (χ4n) is 4.74. The molecular weight excluding hydrogens is 432 g/mol. The molecule has 2 atom stereocenters. The van der Waals surface area contributed by atoms with E-state index in [9.17, 15) is 0 Å². The fourth-order valence-corrected chi connectivity index (χ4v) is 4.74. The van der Waals surface area contributed by atoms with Crippen LogP contribution < -0.4 is 20.3 Å². The Hall–Kier alpha value is -3.76. The number of aromatic nitrogens is 5. The van der Waals surface area contributed by atoms with Gasteiger partial charge in [-0.05, 0) is 24.6 Å². The maximum absolute atomic E-state index is 5.88. The summed E-state index contributed by atoms with van der Waals surface area (Å²) in [6.45, 7) is 3.00. The van der Waals surface area contributed by atoms with Crippen LogP contribution in [0.5, 0.6) is 5.75 Å². The summed E-state index contributed by atoms with van der Waals surface area (Å²) in [6, 6.07) is 11.1. The lowest BCUT2D eigenvalue weighted by Crippen LogP contribution is -2.44. The van der Waals surface area contributed by atoms with Crippen LogP contribution in [-0.4, -0.2) is 70.2 Å². The minimum absolute atomic E-state index is 0.478. The minimum Gasteiger partial charge on any atom is -0.491 e. The highest BCUT2D eigenvalue weighted by molar-refractivity contribution is 5.93. The van der Waals surface area contributed by atoms with Crippen molar-refractivity contribution < 1.29 is 9.47 Å². The first-order valence-electron chi connectivity index (χ1n) is 11.4.